The van der Waals surface area contributed by atoms with Gasteiger partial charge in [0, 0.05) is 17.8 Å². The summed E-state index contributed by atoms with van der Waals surface area (Å²) in [6, 6.07) is 7.23. The molecule has 3 heterocycles. The second kappa shape index (κ2) is 5.90. The number of nitrogens with two attached hydrogens (primary N) is 1. The van der Waals surface area contributed by atoms with Crippen LogP contribution in [0.25, 0.3) is 11.4 Å². The Morgan fingerprint density at radius 1 is 1.23 bits per heavy atom. The average molecular weight is 311 g/mol. The molecule has 6 nitrogen and oxygen atoms in total. The van der Waals surface area contributed by atoms with E-state index >= 15 is 0 Å². The molecule has 0 aliphatic carbocycles. The van der Waals surface area contributed by atoms with Crippen LogP contribution in [0.4, 0.5) is 10.9 Å². The third-order valence-corrected chi connectivity index (χ3v) is 3.81. The molecule has 0 aliphatic heterocycles. The lowest BCUT2D eigenvalue weighted by atomic mass is 10.2. The Kier molecular flexibility index (Phi) is 3.80. The first-order valence-electron chi connectivity index (χ1n) is 6.54. The molecule has 0 fully saturated rings. The number of carbonyl (C=O) groups excluding carboxylic acids is 1. The van der Waals surface area contributed by atoms with Crippen molar-refractivity contribution in [1.29, 1.82) is 0 Å². The topological polar surface area (TPSA) is 93.8 Å². The van der Waals surface area contributed by atoms with Gasteiger partial charge in [0.05, 0.1) is 11.3 Å². The number of nitrogens with zero attached hydrogens (tertiary/aromatic N) is 3. The summed E-state index contributed by atoms with van der Waals surface area (Å²) in [5.41, 5.74) is 8.04. The van der Waals surface area contributed by atoms with Crippen molar-refractivity contribution in [2.24, 2.45) is 5.73 Å². The Bertz CT molecular complexity index is 813. The number of aromatic nitrogens is 3. The molecular formula is C15H13N5OS. The second-order valence-electron chi connectivity index (χ2n) is 4.63. The average Bonchev–Trinajstić information content (AvgIpc) is 2.98. The Morgan fingerprint density at radius 3 is 2.77 bits per heavy atom. The van der Waals surface area contributed by atoms with Crippen molar-refractivity contribution >= 4 is 28.2 Å². The highest BCUT2D eigenvalue weighted by Gasteiger charge is 2.08. The van der Waals surface area contributed by atoms with Crippen molar-refractivity contribution in [2.45, 2.75) is 6.92 Å². The van der Waals surface area contributed by atoms with Gasteiger partial charge in [0.2, 0.25) is 5.91 Å². The maximum Gasteiger partial charge on any atom is 0.250 e. The van der Waals surface area contributed by atoms with Gasteiger partial charge in [0.1, 0.15) is 11.5 Å². The summed E-state index contributed by atoms with van der Waals surface area (Å²) in [4.78, 5) is 24.0. The van der Waals surface area contributed by atoms with E-state index in [1.54, 1.807) is 18.3 Å². The molecule has 0 radical (unpaired) electrons. The van der Waals surface area contributed by atoms with Gasteiger partial charge in [0.15, 0.2) is 5.13 Å². The summed E-state index contributed by atoms with van der Waals surface area (Å²) in [5.74, 6) is 0.283. The fourth-order valence-corrected chi connectivity index (χ4v) is 2.56. The van der Waals surface area contributed by atoms with E-state index in [9.17, 15) is 4.79 Å². The number of carbonyl (C=O) groups is 1. The Hall–Kier alpha value is -2.80. The number of rotatable bonds is 4. The smallest absolute Gasteiger partial charge is 0.250 e. The number of primary amides is 1. The zero-order valence-corrected chi connectivity index (χ0v) is 12.6. The molecule has 110 valence electrons. The molecule has 0 spiro atoms. The number of pyridine rings is 2. The normalized spacial score (nSPS) is 10.4. The molecule has 3 aromatic heterocycles. The van der Waals surface area contributed by atoms with Gasteiger partial charge in [-0.05, 0) is 30.7 Å². The van der Waals surface area contributed by atoms with E-state index in [0.717, 1.165) is 22.2 Å². The van der Waals surface area contributed by atoms with Gasteiger partial charge in [-0.2, -0.15) is 0 Å². The van der Waals surface area contributed by atoms with Crippen LogP contribution >= 0.6 is 11.3 Å². The Morgan fingerprint density at radius 2 is 2.09 bits per heavy atom. The van der Waals surface area contributed by atoms with Crippen LogP contribution in [-0.4, -0.2) is 20.9 Å². The molecule has 3 aromatic rings. The minimum absolute atomic E-state index is 0.376. The number of amides is 1. The molecular weight excluding hydrogens is 298 g/mol. The molecule has 22 heavy (non-hydrogen) atoms. The number of thiazole rings is 1. The van der Waals surface area contributed by atoms with Crippen molar-refractivity contribution in [2.75, 3.05) is 5.32 Å². The highest BCUT2D eigenvalue weighted by atomic mass is 32.1. The number of anilines is 2. The maximum absolute atomic E-state index is 11.0. The van der Waals surface area contributed by atoms with Gasteiger partial charge < -0.3 is 11.1 Å². The molecule has 3 rings (SSSR count). The van der Waals surface area contributed by atoms with Crippen LogP contribution < -0.4 is 11.1 Å². The Labute approximate surface area is 131 Å². The largest absolute Gasteiger partial charge is 0.366 e. The zero-order chi connectivity index (χ0) is 15.5. The SMILES string of the molecule is Cc1cccnc1Nc1nc(-c2ccc(C(N)=O)cn2)cs1. The predicted octanol–water partition coefficient (Wildman–Crippen LogP) is 2.75. The van der Waals surface area contributed by atoms with Crippen molar-refractivity contribution in [3.8, 4) is 11.4 Å². The first-order valence-corrected chi connectivity index (χ1v) is 7.42. The third kappa shape index (κ3) is 2.94. The summed E-state index contributed by atoms with van der Waals surface area (Å²) in [6.07, 6.45) is 3.18. The minimum Gasteiger partial charge on any atom is -0.366 e. The maximum atomic E-state index is 11.0. The second-order valence-corrected chi connectivity index (χ2v) is 5.49. The van der Waals surface area contributed by atoms with Crippen molar-refractivity contribution in [3.05, 3.63) is 53.2 Å². The van der Waals surface area contributed by atoms with Crippen molar-refractivity contribution in [3.63, 3.8) is 0 Å². The van der Waals surface area contributed by atoms with Crippen LogP contribution in [0.2, 0.25) is 0 Å². The molecule has 0 aromatic carbocycles. The number of nitrogens with one attached hydrogen (secondary N) is 1. The standard InChI is InChI=1S/C15H13N5OS/c1-9-3-2-6-17-14(9)20-15-19-12(8-22-15)11-5-4-10(7-18-11)13(16)21/h2-8H,1H3,(H2,16,21)(H,17,19,20). The van der Waals surface area contributed by atoms with Gasteiger partial charge >= 0.3 is 0 Å². The van der Waals surface area contributed by atoms with Crippen LogP contribution in [0, 0.1) is 6.92 Å². The molecule has 0 aliphatic rings. The zero-order valence-electron chi connectivity index (χ0n) is 11.8. The van der Waals surface area contributed by atoms with Crippen LogP contribution in [-0.2, 0) is 0 Å². The fraction of sp³-hybridized carbons (Fsp3) is 0.0667. The molecule has 0 saturated heterocycles. The van der Waals surface area contributed by atoms with Gasteiger partial charge in [0.25, 0.3) is 0 Å². The molecule has 1 amide bonds. The minimum atomic E-state index is -0.495. The molecule has 3 N–H and O–H groups in total. The van der Waals surface area contributed by atoms with Gasteiger partial charge in [-0.1, -0.05) is 6.07 Å². The quantitative estimate of drug-likeness (QED) is 0.772. The van der Waals surface area contributed by atoms with Crippen molar-refractivity contribution in [1.82, 2.24) is 15.0 Å². The van der Waals surface area contributed by atoms with Crippen molar-refractivity contribution < 1.29 is 4.79 Å². The van der Waals surface area contributed by atoms with E-state index in [4.69, 9.17) is 5.73 Å². The lowest BCUT2D eigenvalue weighted by Gasteiger charge is -2.04. The summed E-state index contributed by atoms with van der Waals surface area (Å²) >= 11 is 1.46. The lowest BCUT2D eigenvalue weighted by molar-refractivity contribution is 0.1000. The Balaban J connectivity index is 1.81. The van der Waals surface area contributed by atoms with E-state index < -0.39 is 5.91 Å². The van der Waals surface area contributed by atoms with E-state index in [0.29, 0.717) is 11.3 Å². The van der Waals surface area contributed by atoms with Gasteiger partial charge in [-0.15, -0.1) is 11.3 Å². The fourth-order valence-electron chi connectivity index (χ4n) is 1.86. The van der Waals surface area contributed by atoms with Gasteiger partial charge in [-0.3, -0.25) is 9.78 Å². The predicted molar refractivity (Wildman–Crippen MR) is 86.1 cm³/mol. The molecule has 0 unspecified atom stereocenters. The lowest BCUT2D eigenvalue weighted by Crippen LogP contribution is -2.10. The summed E-state index contributed by atoms with van der Waals surface area (Å²) < 4.78 is 0. The molecule has 0 saturated carbocycles. The summed E-state index contributed by atoms with van der Waals surface area (Å²) in [6.45, 7) is 1.98. The van der Waals surface area contributed by atoms with Gasteiger partial charge in [-0.25, -0.2) is 9.97 Å². The van der Waals surface area contributed by atoms with E-state index in [-0.39, 0.29) is 0 Å². The van der Waals surface area contributed by atoms with E-state index in [1.165, 1.54) is 17.5 Å². The van der Waals surface area contributed by atoms with Crippen LogP contribution in [0.15, 0.2) is 42.0 Å². The first kappa shape index (κ1) is 14.2. The van der Waals surface area contributed by atoms with E-state index in [2.05, 4.69) is 20.3 Å². The summed E-state index contributed by atoms with van der Waals surface area (Å²) in [7, 11) is 0. The molecule has 0 atom stereocenters. The highest BCUT2D eigenvalue weighted by Crippen LogP contribution is 2.26. The van der Waals surface area contributed by atoms with E-state index in [1.807, 2.05) is 24.4 Å². The highest BCUT2D eigenvalue weighted by molar-refractivity contribution is 7.14. The van der Waals surface area contributed by atoms with Crippen LogP contribution in [0.5, 0.6) is 0 Å². The summed E-state index contributed by atoms with van der Waals surface area (Å²) in [5, 5.41) is 5.82. The molecule has 0 bridgehead atoms. The van der Waals surface area contributed by atoms with Crippen LogP contribution in [0.3, 0.4) is 0 Å². The van der Waals surface area contributed by atoms with Crippen LogP contribution in [0.1, 0.15) is 15.9 Å². The first-order chi connectivity index (χ1) is 10.6. The number of hydrogen-bond acceptors (Lipinski definition) is 6. The monoisotopic (exact) mass is 311 g/mol. The molecule has 7 heteroatoms. The number of hydrogen-bond donors (Lipinski definition) is 2. The third-order valence-electron chi connectivity index (χ3n) is 3.05. The number of aryl methyl sites for hydroxylation is 1.